The second-order valence-corrected chi connectivity index (χ2v) is 4.48. The molecule has 0 radical (unpaired) electrons. The molecule has 0 aliphatic carbocycles. The van der Waals surface area contributed by atoms with E-state index in [0.717, 1.165) is 0 Å². The van der Waals surface area contributed by atoms with E-state index in [1.54, 1.807) is 31.3 Å². The summed E-state index contributed by atoms with van der Waals surface area (Å²) in [7, 11) is 1.62. The molecule has 100 valence electrons. The van der Waals surface area contributed by atoms with Crippen molar-refractivity contribution in [3.8, 4) is 0 Å². The topological polar surface area (TPSA) is 85.4 Å². The summed E-state index contributed by atoms with van der Waals surface area (Å²) >= 11 is 0. The number of aryl methyl sites for hydroxylation is 1. The van der Waals surface area contributed by atoms with Crippen molar-refractivity contribution in [3.63, 3.8) is 0 Å². The molecule has 6 heteroatoms. The predicted molar refractivity (Wildman–Crippen MR) is 70.6 cm³/mol. The first-order valence-electron chi connectivity index (χ1n) is 5.83. The SMILES string of the molecule is C[C@@H]([C@H](O)c1cc(=O)n(C)c2ccccc12)[N+](=O)[O-]. The van der Waals surface area contributed by atoms with Crippen LogP contribution in [-0.4, -0.2) is 20.6 Å². The van der Waals surface area contributed by atoms with Crippen molar-refractivity contribution < 1.29 is 10.0 Å². The molecule has 2 rings (SSSR count). The second kappa shape index (κ2) is 4.81. The second-order valence-electron chi connectivity index (χ2n) is 4.48. The summed E-state index contributed by atoms with van der Waals surface area (Å²) in [6, 6.07) is 7.10. The first-order valence-corrected chi connectivity index (χ1v) is 5.83. The Hall–Kier alpha value is -2.21. The Morgan fingerprint density at radius 1 is 1.37 bits per heavy atom. The van der Waals surface area contributed by atoms with Gasteiger partial charge in [0.25, 0.3) is 5.56 Å². The number of nitro groups is 1. The first-order chi connectivity index (χ1) is 8.93. The van der Waals surface area contributed by atoms with E-state index < -0.39 is 17.1 Å². The lowest BCUT2D eigenvalue weighted by atomic mass is 9.99. The van der Waals surface area contributed by atoms with Crippen LogP contribution in [0.3, 0.4) is 0 Å². The summed E-state index contributed by atoms with van der Waals surface area (Å²) < 4.78 is 1.45. The number of rotatable bonds is 3. The van der Waals surface area contributed by atoms with Crippen LogP contribution in [0.4, 0.5) is 0 Å². The van der Waals surface area contributed by atoms with Gasteiger partial charge in [-0.25, -0.2) is 0 Å². The third kappa shape index (κ3) is 2.22. The average molecular weight is 262 g/mol. The zero-order valence-electron chi connectivity index (χ0n) is 10.6. The van der Waals surface area contributed by atoms with Crippen LogP contribution in [0.5, 0.6) is 0 Å². The summed E-state index contributed by atoms with van der Waals surface area (Å²) in [6.45, 7) is 1.32. The molecule has 2 aromatic rings. The molecule has 0 aliphatic heterocycles. The molecule has 1 aromatic carbocycles. The van der Waals surface area contributed by atoms with E-state index in [-0.39, 0.29) is 5.56 Å². The quantitative estimate of drug-likeness (QED) is 0.666. The van der Waals surface area contributed by atoms with Crippen molar-refractivity contribution in [2.75, 3.05) is 0 Å². The molecule has 0 bridgehead atoms. The number of hydrogen-bond donors (Lipinski definition) is 1. The maximum atomic E-state index is 11.8. The zero-order chi connectivity index (χ0) is 14.2. The Morgan fingerprint density at radius 2 is 2.00 bits per heavy atom. The van der Waals surface area contributed by atoms with Gasteiger partial charge in [0.1, 0.15) is 6.10 Å². The molecule has 0 spiro atoms. The van der Waals surface area contributed by atoms with Crippen LogP contribution in [-0.2, 0) is 7.05 Å². The van der Waals surface area contributed by atoms with Crippen LogP contribution < -0.4 is 5.56 Å². The molecular weight excluding hydrogens is 248 g/mol. The normalized spacial score (nSPS) is 14.3. The monoisotopic (exact) mass is 262 g/mol. The van der Waals surface area contributed by atoms with Crippen molar-refractivity contribution in [3.05, 3.63) is 56.4 Å². The first kappa shape index (κ1) is 13.2. The van der Waals surface area contributed by atoms with Crippen molar-refractivity contribution >= 4 is 10.9 Å². The smallest absolute Gasteiger partial charge is 0.251 e. The van der Waals surface area contributed by atoms with Crippen LogP contribution in [0, 0.1) is 10.1 Å². The fourth-order valence-electron chi connectivity index (χ4n) is 2.06. The molecule has 0 unspecified atom stereocenters. The number of aromatic nitrogens is 1. The molecule has 19 heavy (non-hydrogen) atoms. The molecule has 0 saturated heterocycles. The van der Waals surface area contributed by atoms with Gasteiger partial charge >= 0.3 is 0 Å². The van der Waals surface area contributed by atoms with Gasteiger partial charge in [-0.3, -0.25) is 14.9 Å². The number of aliphatic hydroxyl groups is 1. The van der Waals surface area contributed by atoms with E-state index in [2.05, 4.69) is 0 Å². The third-order valence-electron chi connectivity index (χ3n) is 3.29. The molecule has 1 heterocycles. The van der Waals surface area contributed by atoms with Crippen molar-refractivity contribution in [1.82, 2.24) is 4.57 Å². The van der Waals surface area contributed by atoms with Crippen LogP contribution in [0.15, 0.2) is 35.1 Å². The lowest BCUT2D eigenvalue weighted by molar-refractivity contribution is -0.531. The Bertz CT molecular complexity index is 693. The molecule has 0 saturated carbocycles. The maximum Gasteiger partial charge on any atom is 0.251 e. The summed E-state index contributed by atoms with van der Waals surface area (Å²) in [4.78, 5) is 22.0. The number of benzene rings is 1. The molecule has 0 fully saturated rings. The highest BCUT2D eigenvalue weighted by Gasteiger charge is 2.28. The standard InChI is InChI=1S/C13H14N2O4/c1-8(15(18)19)13(17)10-7-12(16)14(2)11-6-4-3-5-9(10)11/h3-8,13,17H,1-2H3/t8-,13-/m0/s1. The minimum absolute atomic E-state index is 0.294. The van der Waals surface area contributed by atoms with Crippen LogP contribution in [0.2, 0.25) is 0 Å². The number of nitrogens with zero attached hydrogens (tertiary/aromatic N) is 2. The lowest BCUT2D eigenvalue weighted by Gasteiger charge is -2.16. The number of pyridine rings is 1. The van der Waals surface area contributed by atoms with Gasteiger partial charge in [-0.2, -0.15) is 0 Å². The molecular formula is C13H14N2O4. The van der Waals surface area contributed by atoms with E-state index in [1.807, 2.05) is 0 Å². The molecule has 0 aliphatic rings. The summed E-state index contributed by atoms with van der Waals surface area (Å²) in [5.74, 6) is 0. The highest BCUT2D eigenvalue weighted by molar-refractivity contribution is 5.82. The van der Waals surface area contributed by atoms with Gasteiger partial charge in [0.05, 0.1) is 5.52 Å². The van der Waals surface area contributed by atoms with Gasteiger partial charge < -0.3 is 9.67 Å². The van der Waals surface area contributed by atoms with Gasteiger partial charge in [-0.05, 0) is 6.07 Å². The third-order valence-corrected chi connectivity index (χ3v) is 3.29. The largest absolute Gasteiger partial charge is 0.381 e. The Balaban J connectivity index is 2.71. The summed E-state index contributed by atoms with van der Waals surface area (Å²) in [5.41, 5.74) is 0.630. The molecule has 2 atom stereocenters. The predicted octanol–water partition coefficient (Wildman–Crippen LogP) is 1.24. The van der Waals surface area contributed by atoms with Crippen LogP contribution in [0.1, 0.15) is 18.6 Å². The van der Waals surface area contributed by atoms with Crippen LogP contribution in [0.25, 0.3) is 10.9 Å². The number of aliphatic hydroxyl groups excluding tert-OH is 1. The Kier molecular flexibility index (Phi) is 3.35. The van der Waals surface area contributed by atoms with Gasteiger partial charge in [0, 0.05) is 35.9 Å². The minimum atomic E-state index is -1.31. The minimum Gasteiger partial charge on any atom is -0.381 e. The van der Waals surface area contributed by atoms with Crippen molar-refractivity contribution in [2.24, 2.45) is 7.05 Å². The maximum absolute atomic E-state index is 11.8. The molecule has 6 nitrogen and oxygen atoms in total. The fourth-order valence-corrected chi connectivity index (χ4v) is 2.06. The molecule has 1 aromatic heterocycles. The number of para-hydroxylation sites is 1. The highest BCUT2D eigenvalue weighted by Crippen LogP contribution is 2.25. The van der Waals surface area contributed by atoms with Crippen molar-refractivity contribution in [1.29, 1.82) is 0 Å². The van der Waals surface area contributed by atoms with Gasteiger partial charge in [0.2, 0.25) is 6.04 Å². The molecule has 0 amide bonds. The van der Waals surface area contributed by atoms with E-state index >= 15 is 0 Å². The van der Waals surface area contributed by atoms with Crippen molar-refractivity contribution in [2.45, 2.75) is 19.1 Å². The van der Waals surface area contributed by atoms with Gasteiger partial charge in [0.15, 0.2) is 0 Å². The summed E-state index contributed by atoms with van der Waals surface area (Å²) in [6.07, 6.45) is -1.31. The van der Waals surface area contributed by atoms with E-state index in [4.69, 9.17) is 0 Å². The Labute approximate surface area is 109 Å². The fraction of sp³-hybridized carbons (Fsp3) is 0.308. The molecule has 1 N–H and O–H groups in total. The van der Waals surface area contributed by atoms with E-state index in [0.29, 0.717) is 16.5 Å². The number of fused-ring (bicyclic) bond motifs is 1. The van der Waals surface area contributed by atoms with Gasteiger partial charge in [-0.15, -0.1) is 0 Å². The van der Waals surface area contributed by atoms with E-state index in [1.165, 1.54) is 17.6 Å². The lowest BCUT2D eigenvalue weighted by Crippen LogP contribution is -2.26. The summed E-state index contributed by atoms with van der Waals surface area (Å²) in [5, 5.41) is 21.5. The van der Waals surface area contributed by atoms with Crippen LogP contribution >= 0.6 is 0 Å². The average Bonchev–Trinajstić information content (AvgIpc) is 2.41. The van der Waals surface area contributed by atoms with E-state index in [9.17, 15) is 20.0 Å². The highest BCUT2D eigenvalue weighted by atomic mass is 16.6. The Morgan fingerprint density at radius 3 is 2.63 bits per heavy atom. The zero-order valence-corrected chi connectivity index (χ0v) is 10.6. The van der Waals surface area contributed by atoms with Gasteiger partial charge in [-0.1, -0.05) is 18.2 Å². The number of hydrogen-bond acceptors (Lipinski definition) is 4.